The second-order valence-corrected chi connectivity index (χ2v) is 6.81. The number of rotatable bonds is 5. The van der Waals surface area contributed by atoms with Crippen LogP contribution in [0.25, 0.3) is 0 Å². The minimum atomic E-state index is -0.140. The number of methoxy groups -OCH3 is 1. The third kappa shape index (κ3) is 3.97. The molecular formula is C14H18Cl2N2O2S. The van der Waals surface area contributed by atoms with Crippen molar-refractivity contribution in [2.45, 2.75) is 12.5 Å². The molecule has 0 spiro atoms. The van der Waals surface area contributed by atoms with Crippen molar-refractivity contribution in [1.82, 2.24) is 4.90 Å². The number of nitrogens with zero attached hydrogens (tertiary/aromatic N) is 1. The van der Waals surface area contributed by atoms with Gasteiger partial charge in [-0.1, -0.05) is 23.2 Å². The van der Waals surface area contributed by atoms with E-state index in [-0.39, 0.29) is 17.0 Å². The molecule has 1 amide bonds. The number of hydrogen-bond donors (Lipinski definition) is 1. The molecule has 21 heavy (non-hydrogen) atoms. The number of carbonyl (C=O) groups excluding carboxylic acids is 1. The first kappa shape index (κ1) is 16.7. The summed E-state index contributed by atoms with van der Waals surface area (Å²) in [6, 6.07) is 3.33. The molecule has 1 unspecified atom stereocenters. The Bertz CT molecular complexity index is 522. The molecule has 0 saturated carbocycles. The molecule has 4 nitrogen and oxygen atoms in total. The van der Waals surface area contributed by atoms with Crippen LogP contribution in [0.15, 0.2) is 12.1 Å². The highest BCUT2D eigenvalue weighted by Crippen LogP contribution is 2.31. The van der Waals surface area contributed by atoms with Gasteiger partial charge < -0.3 is 15.4 Å². The van der Waals surface area contributed by atoms with E-state index >= 15 is 0 Å². The molecule has 2 N–H and O–H groups in total. The maximum absolute atomic E-state index is 12.8. The summed E-state index contributed by atoms with van der Waals surface area (Å²) < 4.78 is 5.11. The van der Waals surface area contributed by atoms with Gasteiger partial charge in [-0.25, -0.2) is 0 Å². The zero-order chi connectivity index (χ0) is 15.4. The van der Waals surface area contributed by atoms with Crippen LogP contribution in [-0.4, -0.2) is 48.6 Å². The van der Waals surface area contributed by atoms with Gasteiger partial charge in [0, 0.05) is 31.1 Å². The fourth-order valence-electron chi connectivity index (χ4n) is 2.33. The summed E-state index contributed by atoms with van der Waals surface area (Å²) in [5.74, 6) is 1.86. The molecule has 1 heterocycles. The van der Waals surface area contributed by atoms with Gasteiger partial charge in [-0.3, -0.25) is 4.79 Å². The zero-order valence-electron chi connectivity index (χ0n) is 11.8. The lowest BCUT2D eigenvalue weighted by Crippen LogP contribution is -2.42. The van der Waals surface area contributed by atoms with Crippen LogP contribution < -0.4 is 5.73 Å². The largest absolute Gasteiger partial charge is 0.399 e. The van der Waals surface area contributed by atoms with Crippen molar-refractivity contribution in [3.8, 4) is 0 Å². The number of benzene rings is 1. The highest BCUT2D eigenvalue weighted by Gasteiger charge is 2.29. The first-order chi connectivity index (χ1) is 10.0. The Morgan fingerprint density at radius 2 is 2.29 bits per heavy atom. The number of ether oxygens (including phenoxy) is 1. The van der Waals surface area contributed by atoms with Crippen LogP contribution in [0.1, 0.15) is 16.8 Å². The molecule has 0 bridgehead atoms. The molecular weight excluding hydrogens is 331 g/mol. The number of carbonyl (C=O) groups is 1. The molecule has 1 atom stereocenters. The van der Waals surface area contributed by atoms with Gasteiger partial charge in [0.15, 0.2) is 0 Å². The number of hydrogen-bond acceptors (Lipinski definition) is 4. The fraction of sp³-hybridized carbons (Fsp3) is 0.500. The van der Waals surface area contributed by atoms with Gasteiger partial charge in [0.05, 0.1) is 22.2 Å². The van der Waals surface area contributed by atoms with Crippen LogP contribution in [0.3, 0.4) is 0 Å². The van der Waals surface area contributed by atoms with Gasteiger partial charge in [0.25, 0.3) is 5.91 Å². The number of nitrogen functional groups attached to an aromatic ring is 1. The van der Waals surface area contributed by atoms with E-state index in [4.69, 9.17) is 33.7 Å². The van der Waals surface area contributed by atoms with E-state index in [1.165, 1.54) is 0 Å². The number of anilines is 1. The SMILES string of the molecule is COCCN(C(=O)c1cc(N)cc(Cl)c1Cl)C1CCSC1. The van der Waals surface area contributed by atoms with Gasteiger partial charge in [0.1, 0.15) is 0 Å². The average Bonchev–Trinajstić information content (AvgIpc) is 2.97. The predicted octanol–water partition coefficient (Wildman–Crippen LogP) is 3.17. The van der Waals surface area contributed by atoms with Crippen LogP contribution in [0.5, 0.6) is 0 Å². The first-order valence-corrected chi connectivity index (χ1v) is 8.57. The molecule has 1 aromatic rings. The van der Waals surface area contributed by atoms with E-state index in [2.05, 4.69) is 0 Å². The summed E-state index contributed by atoms with van der Waals surface area (Å²) in [5, 5.41) is 0.552. The summed E-state index contributed by atoms with van der Waals surface area (Å²) in [5.41, 5.74) is 6.56. The molecule has 2 rings (SSSR count). The normalized spacial score (nSPS) is 18.0. The lowest BCUT2D eigenvalue weighted by Gasteiger charge is -2.29. The van der Waals surface area contributed by atoms with Crippen LogP contribution in [0.2, 0.25) is 10.0 Å². The van der Waals surface area contributed by atoms with Gasteiger partial charge in [0.2, 0.25) is 0 Å². The zero-order valence-corrected chi connectivity index (χ0v) is 14.1. The molecule has 0 aromatic heterocycles. The Morgan fingerprint density at radius 3 is 2.90 bits per heavy atom. The molecule has 0 aliphatic carbocycles. The molecule has 1 aliphatic rings. The van der Waals surface area contributed by atoms with Crippen LogP contribution in [0.4, 0.5) is 5.69 Å². The summed E-state index contributed by atoms with van der Waals surface area (Å²) in [7, 11) is 1.62. The van der Waals surface area contributed by atoms with Crippen molar-refractivity contribution < 1.29 is 9.53 Å². The quantitative estimate of drug-likeness (QED) is 0.830. The highest BCUT2D eigenvalue weighted by molar-refractivity contribution is 7.99. The minimum absolute atomic E-state index is 0.140. The Labute approximate surface area is 138 Å². The van der Waals surface area contributed by atoms with Crippen LogP contribution in [-0.2, 0) is 4.74 Å². The standard InChI is InChI=1S/C14H18Cl2N2O2S/c1-20-4-3-18(10-2-5-21-8-10)14(19)11-6-9(17)7-12(15)13(11)16/h6-7,10H,2-5,8,17H2,1H3. The summed E-state index contributed by atoms with van der Waals surface area (Å²) in [4.78, 5) is 14.6. The van der Waals surface area contributed by atoms with Gasteiger partial charge >= 0.3 is 0 Å². The molecule has 0 radical (unpaired) electrons. The van der Waals surface area contributed by atoms with E-state index in [1.54, 1.807) is 19.2 Å². The molecule has 1 aromatic carbocycles. The number of nitrogens with two attached hydrogens (primary N) is 1. The number of thioether (sulfide) groups is 1. The molecule has 1 aliphatic heterocycles. The van der Waals surface area contributed by atoms with E-state index < -0.39 is 0 Å². The minimum Gasteiger partial charge on any atom is -0.399 e. The molecule has 1 saturated heterocycles. The number of halogens is 2. The smallest absolute Gasteiger partial charge is 0.255 e. The third-order valence-corrected chi connectivity index (χ3v) is 5.37. The lowest BCUT2D eigenvalue weighted by atomic mass is 10.1. The van der Waals surface area contributed by atoms with Crippen molar-refractivity contribution in [2.24, 2.45) is 0 Å². The van der Waals surface area contributed by atoms with E-state index in [9.17, 15) is 4.79 Å². The van der Waals surface area contributed by atoms with E-state index in [0.717, 1.165) is 17.9 Å². The summed E-state index contributed by atoms with van der Waals surface area (Å²) in [6.45, 7) is 1.02. The maximum Gasteiger partial charge on any atom is 0.255 e. The Hall–Kier alpha value is -0.620. The van der Waals surface area contributed by atoms with Gasteiger partial charge in [-0.05, 0) is 24.3 Å². The Morgan fingerprint density at radius 1 is 1.52 bits per heavy atom. The average molecular weight is 349 g/mol. The maximum atomic E-state index is 12.8. The Balaban J connectivity index is 2.28. The van der Waals surface area contributed by atoms with Crippen LogP contribution in [0, 0.1) is 0 Å². The van der Waals surface area contributed by atoms with Crippen molar-refractivity contribution in [3.63, 3.8) is 0 Å². The van der Waals surface area contributed by atoms with E-state index in [0.29, 0.717) is 29.4 Å². The first-order valence-electron chi connectivity index (χ1n) is 6.66. The fourth-order valence-corrected chi connectivity index (χ4v) is 3.97. The topological polar surface area (TPSA) is 55.6 Å². The van der Waals surface area contributed by atoms with Crippen molar-refractivity contribution in [2.75, 3.05) is 37.5 Å². The van der Waals surface area contributed by atoms with Crippen molar-refractivity contribution in [1.29, 1.82) is 0 Å². The highest BCUT2D eigenvalue weighted by atomic mass is 35.5. The summed E-state index contributed by atoms with van der Waals surface area (Å²) in [6.07, 6.45) is 0.980. The van der Waals surface area contributed by atoms with Gasteiger partial charge in [-0.15, -0.1) is 0 Å². The predicted molar refractivity (Wildman–Crippen MR) is 89.5 cm³/mol. The molecule has 1 fully saturated rings. The van der Waals surface area contributed by atoms with E-state index in [1.807, 2.05) is 16.7 Å². The van der Waals surface area contributed by atoms with Crippen molar-refractivity contribution in [3.05, 3.63) is 27.7 Å². The molecule has 7 heteroatoms. The summed E-state index contributed by atoms with van der Waals surface area (Å²) >= 11 is 14.0. The van der Waals surface area contributed by atoms with Crippen molar-refractivity contribution >= 4 is 46.6 Å². The second-order valence-electron chi connectivity index (χ2n) is 4.87. The second kappa shape index (κ2) is 7.58. The number of amides is 1. The monoisotopic (exact) mass is 348 g/mol. The van der Waals surface area contributed by atoms with Crippen LogP contribution >= 0.6 is 35.0 Å². The third-order valence-electron chi connectivity index (χ3n) is 3.42. The van der Waals surface area contributed by atoms with Gasteiger partial charge in [-0.2, -0.15) is 11.8 Å². The lowest BCUT2D eigenvalue weighted by molar-refractivity contribution is 0.0625. The Kier molecular flexibility index (Phi) is 6.05. The molecule has 116 valence electrons.